The summed E-state index contributed by atoms with van der Waals surface area (Å²) in [7, 11) is 0. The number of benzene rings is 1. The van der Waals surface area contributed by atoms with Gasteiger partial charge in [0.05, 0.1) is 6.04 Å². The van der Waals surface area contributed by atoms with Crippen molar-refractivity contribution >= 4 is 11.7 Å². The number of carboxylic acids is 1. The molecule has 1 aliphatic rings. The number of halogens is 3. The first-order valence-corrected chi connectivity index (χ1v) is 8.56. The van der Waals surface area contributed by atoms with Gasteiger partial charge < -0.3 is 20.5 Å². The third-order valence-corrected chi connectivity index (χ3v) is 3.29. The van der Waals surface area contributed by atoms with Gasteiger partial charge in [0.1, 0.15) is 18.1 Å². The summed E-state index contributed by atoms with van der Waals surface area (Å²) in [6.45, 7) is 6.55. The predicted octanol–water partition coefficient (Wildman–Crippen LogP) is 3.74. The molecule has 1 aromatic rings. The number of ether oxygens (including phenoxy) is 1. The van der Waals surface area contributed by atoms with Gasteiger partial charge in [0.25, 0.3) is 0 Å². The quantitative estimate of drug-likeness (QED) is 0.785. The van der Waals surface area contributed by atoms with E-state index in [4.69, 9.17) is 15.6 Å². The first-order chi connectivity index (χ1) is 12.8. The van der Waals surface area contributed by atoms with Crippen LogP contribution in [-0.4, -0.2) is 46.7 Å². The van der Waals surface area contributed by atoms with Gasteiger partial charge in [-0.1, -0.05) is 12.1 Å². The van der Waals surface area contributed by atoms with E-state index >= 15 is 0 Å². The molecule has 0 spiro atoms. The van der Waals surface area contributed by atoms with Crippen LogP contribution in [0.25, 0.3) is 0 Å². The van der Waals surface area contributed by atoms with E-state index in [1.165, 1.54) is 18.2 Å². The molecule has 2 rings (SSSR count). The Morgan fingerprint density at radius 2 is 1.96 bits per heavy atom. The van der Waals surface area contributed by atoms with E-state index in [0.717, 1.165) is 5.56 Å². The Hall–Kier alpha value is -2.55. The SMILES string of the molecule is CC(C)(C)N.CC(c1cccc(OCC(F)(F)F)c1)N1C=CC(C(=O)O)=NC1. The van der Waals surface area contributed by atoms with E-state index in [1.54, 1.807) is 23.2 Å². The van der Waals surface area contributed by atoms with E-state index < -0.39 is 18.8 Å². The summed E-state index contributed by atoms with van der Waals surface area (Å²) >= 11 is 0. The lowest BCUT2D eigenvalue weighted by Gasteiger charge is -2.28. The number of alkyl halides is 3. The Balaban J connectivity index is 0.000000696. The normalized spacial score (nSPS) is 15.3. The molecule has 0 aromatic heterocycles. The molecule has 9 heteroatoms. The summed E-state index contributed by atoms with van der Waals surface area (Å²) < 4.78 is 41.3. The fourth-order valence-electron chi connectivity index (χ4n) is 2.04. The summed E-state index contributed by atoms with van der Waals surface area (Å²) in [5.41, 5.74) is 6.06. The Morgan fingerprint density at radius 1 is 1.36 bits per heavy atom. The summed E-state index contributed by atoms with van der Waals surface area (Å²) in [6.07, 6.45) is -1.41. The standard InChI is InChI=1S/C15H15F3N2O3.C4H11N/c1-10(20-6-5-13(14(21)22)19-9-20)11-3-2-4-12(7-11)23-8-15(16,17)18;1-4(2,3)5/h2-7,10H,8-9H2,1H3,(H,21,22);5H2,1-3H3. The first kappa shape index (κ1) is 23.5. The van der Waals surface area contributed by atoms with Crippen molar-refractivity contribution in [1.29, 1.82) is 0 Å². The number of hydrogen-bond donors (Lipinski definition) is 2. The fourth-order valence-corrected chi connectivity index (χ4v) is 2.04. The number of aliphatic carboxylic acids is 1. The van der Waals surface area contributed by atoms with Gasteiger partial charge in [-0.2, -0.15) is 13.2 Å². The summed E-state index contributed by atoms with van der Waals surface area (Å²) in [6, 6.07) is 6.15. The Kier molecular flexibility index (Phi) is 8.04. The molecule has 0 fully saturated rings. The fraction of sp³-hybridized carbons (Fsp3) is 0.474. The highest BCUT2D eigenvalue weighted by atomic mass is 19.4. The summed E-state index contributed by atoms with van der Waals surface area (Å²) in [5, 5.41) is 8.83. The number of carboxylic acid groups (broad SMARTS) is 1. The lowest BCUT2D eigenvalue weighted by atomic mass is 10.1. The molecule has 6 nitrogen and oxygen atoms in total. The maximum absolute atomic E-state index is 12.2. The highest BCUT2D eigenvalue weighted by Gasteiger charge is 2.28. The van der Waals surface area contributed by atoms with Crippen LogP contribution in [0.2, 0.25) is 0 Å². The summed E-state index contributed by atoms with van der Waals surface area (Å²) in [5.74, 6) is -0.974. The molecular weight excluding hydrogens is 375 g/mol. The molecule has 0 saturated heterocycles. The highest BCUT2D eigenvalue weighted by Crippen LogP contribution is 2.26. The molecule has 28 heavy (non-hydrogen) atoms. The Morgan fingerprint density at radius 3 is 2.43 bits per heavy atom. The van der Waals surface area contributed by atoms with E-state index in [-0.39, 0.29) is 29.7 Å². The lowest BCUT2D eigenvalue weighted by Crippen LogP contribution is -2.27. The van der Waals surface area contributed by atoms with Crippen LogP contribution in [0.5, 0.6) is 5.75 Å². The number of rotatable bonds is 5. The van der Waals surface area contributed by atoms with Gasteiger partial charge in [-0.3, -0.25) is 4.99 Å². The molecule has 0 radical (unpaired) electrons. The third kappa shape index (κ3) is 9.40. The van der Waals surface area contributed by atoms with Gasteiger partial charge in [-0.25, -0.2) is 4.79 Å². The van der Waals surface area contributed by atoms with Crippen LogP contribution in [0.3, 0.4) is 0 Å². The molecular formula is C19H26F3N3O3. The zero-order chi connectivity index (χ0) is 21.5. The van der Waals surface area contributed by atoms with Gasteiger partial charge in [0.2, 0.25) is 0 Å². The molecule has 0 aliphatic carbocycles. The molecule has 1 aromatic carbocycles. The second kappa shape index (κ2) is 9.59. The predicted molar refractivity (Wildman–Crippen MR) is 101 cm³/mol. The Bertz CT molecular complexity index is 719. The second-order valence-corrected chi connectivity index (χ2v) is 7.34. The zero-order valence-electron chi connectivity index (χ0n) is 16.3. The summed E-state index contributed by atoms with van der Waals surface area (Å²) in [4.78, 5) is 16.5. The maximum Gasteiger partial charge on any atom is 0.422 e. The number of nitrogens with two attached hydrogens (primary N) is 1. The molecule has 0 saturated carbocycles. The first-order valence-electron chi connectivity index (χ1n) is 8.56. The largest absolute Gasteiger partial charge is 0.484 e. The smallest absolute Gasteiger partial charge is 0.422 e. The van der Waals surface area contributed by atoms with Crippen molar-refractivity contribution < 1.29 is 27.8 Å². The number of hydrogen-bond acceptors (Lipinski definition) is 5. The second-order valence-electron chi connectivity index (χ2n) is 7.34. The van der Waals surface area contributed by atoms with Crippen molar-refractivity contribution in [1.82, 2.24) is 4.90 Å². The molecule has 3 N–H and O–H groups in total. The molecule has 0 bridgehead atoms. The van der Waals surface area contributed by atoms with Crippen molar-refractivity contribution in [3.63, 3.8) is 0 Å². The van der Waals surface area contributed by atoms with Crippen LogP contribution in [0.1, 0.15) is 39.3 Å². The minimum absolute atomic E-state index is 0. The lowest BCUT2D eigenvalue weighted by molar-refractivity contribution is -0.153. The van der Waals surface area contributed by atoms with Gasteiger partial charge in [-0.15, -0.1) is 0 Å². The number of aliphatic imine (C=N–C) groups is 1. The molecule has 1 aliphatic heterocycles. The zero-order valence-corrected chi connectivity index (χ0v) is 16.3. The van der Waals surface area contributed by atoms with Crippen molar-refractivity contribution in [3.8, 4) is 5.75 Å². The van der Waals surface area contributed by atoms with E-state index in [2.05, 4.69) is 4.99 Å². The number of nitrogens with zero attached hydrogens (tertiary/aromatic N) is 2. The molecule has 1 heterocycles. The van der Waals surface area contributed by atoms with Crippen molar-refractivity contribution in [2.75, 3.05) is 13.3 Å². The topological polar surface area (TPSA) is 88.2 Å². The average Bonchev–Trinajstić information content (AvgIpc) is 2.57. The van der Waals surface area contributed by atoms with E-state index in [0.29, 0.717) is 0 Å². The molecule has 156 valence electrons. The van der Waals surface area contributed by atoms with E-state index in [9.17, 15) is 18.0 Å². The minimum atomic E-state index is -4.39. The van der Waals surface area contributed by atoms with Crippen LogP contribution in [0.4, 0.5) is 13.2 Å². The number of carbonyl (C=O) groups is 1. The van der Waals surface area contributed by atoms with Gasteiger partial charge in [0, 0.05) is 11.7 Å². The van der Waals surface area contributed by atoms with Gasteiger partial charge in [0.15, 0.2) is 6.61 Å². The van der Waals surface area contributed by atoms with Crippen LogP contribution in [0, 0.1) is 0 Å². The van der Waals surface area contributed by atoms with E-state index in [1.807, 2.05) is 27.7 Å². The van der Waals surface area contributed by atoms with Crippen molar-refractivity contribution in [2.24, 2.45) is 10.7 Å². The molecule has 1 unspecified atom stereocenters. The Labute approximate surface area is 162 Å². The molecule has 0 amide bonds. The maximum atomic E-state index is 12.2. The highest BCUT2D eigenvalue weighted by molar-refractivity contribution is 6.40. The molecule has 1 atom stereocenters. The van der Waals surface area contributed by atoms with Crippen LogP contribution in [0.15, 0.2) is 41.5 Å². The van der Waals surface area contributed by atoms with Crippen LogP contribution in [-0.2, 0) is 4.79 Å². The van der Waals surface area contributed by atoms with Crippen molar-refractivity contribution in [2.45, 2.75) is 45.5 Å². The van der Waals surface area contributed by atoms with Crippen LogP contribution < -0.4 is 10.5 Å². The monoisotopic (exact) mass is 401 g/mol. The third-order valence-electron chi connectivity index (χ3n) is 3.29. The van der Waals surface area contributed by atoms with Crippen LogP contribution >= 0.6 is 0 Å². The van der Waals surface area contributed by atoms with Crippen molar-refractivity contribution in [3.05, 3.63) is 42.1 Å². The minimum Gasteiger partial charge on any atom is -0.484 e. The van der Waals surface area contributed by atoms with Gasteiger partial charge >= 0.3 is 12.1 Å². The van der Waals surface area contributed by atoms with Gasteiger partial charge in [-0.05, 0) is 51.5 Å². The average molecular weight is 401 g/mol.